The van der Waals surface area contributed by atoms with Gasteiger partial charge in [-0.15, -0.1) is 0 Å². The van der Waals surface area contributed by atoms with Crippen molar-refractivity contribution in [2.45, 2.75) is 166 Å². The molecule has 0 aliphatic rings. The Morgan fingerprint density at radius 2 is 0.874 bits per heavy atom. The SMILES string of the molecule is CC[C@H](C)[C@H](NC(=O)[C@H](CC(N)=O)NC(=O)[C@H](CCC(=O)O)NC(=O)[C@H](CC(C)C)NC(=O)[C@H](CC(N)=O)NC(=O)[C@H](CC(N)=O)NC(=O)[C@H](Cc1cnc[nH]1)NC(C)=O)C(=O)N[C@@H](CCSC)C(=O)N[C@@H](CC(=O)O)C(=O)N[C@@H](CC(N)=O)C(N)=O. The van der Waals surface area contributed by atoms with Crippen molar-refractivity contribution in [3.05, 3.63) is 18.2 Å². The van der Waals surface area contributed by atoms with Crippen molar-refractivity contribution in [3.63, 3.8) is 0 Å². The molecule has 87 heavy (non-hydrogen) atoms. The molecule has 15 amide bonds. The third-order valence-corrected chi connectivity index (χ3v) is 13.2. The Balaban J connectivity index is 3.58. The van der Waals surface area contributed by atoms with Crippen molar-refractivity contribution < 1.29 is 91.7 Å². The number of carbonyl (C=O) groups excluding carboxylic acids is 15. The normalized spacial score (nSPS) is 14.7. The van der Waals surface area contributed by atoms with Gasteiger partial charge in [0.1, 0.15) is 60.4 Å². The van der Waals surface area contributed by atoms with Gasteiger partial charge in [0.15, 0.2) is 0 Å². The standard InChI is InChI=1S/C50H79N17O19S/c1-7-22(4)40(50(86)60-26(10-11-87-6)43(79)66-33(18-39(75)76)48(84)61-27(41(55)77)14-34(51)69)67-49(85)32(17-37(54)72)63-42(78)25(8-9-38(73)74)59-44(80)28(12-21(2)3)62-46(82)30(15-35(52)70)65-47(83)31(16-36(53)71)64-45(81)29(58-23(5)68)13-24-19-56-20-57-24/h19-22,25-33,40H,7-18H2,1-6H3,(H2,51,69)(H2,52,70)(H2,53,71)(H2,54,72)(H2,55,77)(H,56,57)(H,58,68)(H,59,80)(H,60,86)(H,61,84)(H,62,82)(H,63,78)(H,64,81)(H,65,83)(H,66,79)(H,67,85)(H,73,74)(H,75,76)/t22-,25-,26-,27-,28-,29-,30-,31-,32-,33-,40-/m0/s1. The summed E-state index contributed by atoms with van der Waals surface area (Å²) < 4.78 is 0. The molecule has 0 aliphatic carbocycles. The number of nitrogens with two attached hydrogens (primary N) is 5. The average molecular weight is 1250 g/mol. The smallest absolute Gasteiger partial charge is 0.305 e. The number of hydrogen-bond acceptors (Lipinski definition) is 19. The fourth-order valence-corrected chi connectivity index (χ4v) is 8.45. The molecular weight excluding hydrogens is 1170 g/mol. The van der Waals surface area contributed by atoms with E-state index in [1.807, 2.05) is 0 Å². The Labute approximate surface area is 502 Å². The lowest BCUT2D eigenvalue weighted by atomic mass is 9.97. The predicted molar refractivity (Wildman–Crippen MR) is 303 cm³/mol. The van der Waals surface area contributed by atoms with Crippen molar-refractivity contribution in [2.24, 2.45) is 40.5 Å². The summed E-state index contributed by atoms with van der Waals surface area (Å²) in [5.41, 5.74) is 27.0. The van der Waals surface area contributed by atoms with E-state index in [1.165, 1.54) is 31.2 Å². The van der Waals surface area contributed by atoms with E-state index >= 15 is 0 Å². The molecule has 0 fully saturated rings. The first kappa shape index (κ1) is 75.6. The molecule has 0 spiro atoms. The van der Waals surface area contributed by atoms with E-state index in [9.17, 15) is 91.7 Å². The van der Waals surface area contributed by atoms with E-state index in [1.54, 1.807) is 27.0 Å². The van der Waals surface area contributed by atoms with Crippen LogP contribution in [0.25, 0.3) is 0 Å². The van der Waals surface area contributed by atoms with Crippen LogP contribution in [0, 0.1) is 11.8 Å². The number of hydrogen-bond donors (Lipinski definition) is 18. The van der Waals surface area contributed by atoms with Gasteiger partial charge in [-0.05, 0) is 43.1 Å². The molecule has 0 saturated heterocycles. The molecule has 37 heteroatoms. The summed E-state index contributed by atoms with van der Waals surface area (Å²) in [4.78, 5) is 227. The number of rotatable bonds is 42. The van der Waals surface area contributed by atoms with Crippen molar-refractivity contribution in [1.82, 2.24) is 63.1 Å². The monoisotopic (exact) mass is 1250 g/mol. The molecule has 1 heterocycles. The van der Waals surface area contributed by atoms with E-state index in [0.717, 1.165) is 6.92 Å². The highest BCUT2D eigenvalue weighted by Gasteiger charge is 2.38. The second-order valence-corrected chi connectivity index (χ2v) is 21.4. The van der Waals surface area contributed by atoms with E-state index < -0.39 is 218 Å². The molecule has 0 aromatic carbocycles. The minimum absolute atomic E-state index is 0.149. The predicted octanol–water partition coefficient (Wildman–Crippen LogP) is -8.01. The van der Waals surface area contributed by atoms with Crippen molar-refractivity contribution in [1.29, 1.82) is 0 Å². The average Bonchev–Trinajstić information content (AvgIpc) is 3.77. The van der Waals surface area contributed by atoms with E-state index in [-0.39, 0.29) is 31.4 Å². The molecule has 1 rings (SSSR count). The maximum absolute atomic E-state index is 14.1. The summed E-state index contributed by atoms with van der Waals surface area (Å²) in [7, 11) is 0. The molecule has 11 atom stereocenters. The van der Waals surface area contributed by atoms with Gasteiger partial charge in [0.2, 0.25) is 88.6 Å². The fourth-order valence-electron chi connectivity index (χ4n) is 7.98. The topological polar surface area (TPSA) is 610 Å². The van der Waals surface area contributed by atoms with Crippen LogP contribution in [0.3, 0.4) is 0 Å². The van der Waals surface area contributed by atoms with E-state index in [0.29, 0.717) is 5.69 Å². The molecule has 0 aliphatic heterocycles. The summed E-state index contributed by atoms with van der Waals surface area (Å²) in [6, 6.07) is -17.4. The van der Waals surface area contributed by atoms with Gasteiger partial charge in [0, 0.05) is 31.7 Å². The van der Waals surface area contributed by atoms with Crippen LogP contribution in [0.5, 0.6) is 0 Å². The highest BCUT2D eigenvalue weighted by molar-refractivity contribution is 7.98. The van der Waals surface area contributed by atoms with Gasteiger partial charge in [-0.2, -0.15) is 11.8 Å². The third-order valence-electron chi connectivity index (χ3n) is 12.5. The molecule has 0 unspecified atom stereocenters. The molecule has 0 saturated carbocycles. The first-order chi connectivity index (χ1) is 40.6. The number of imidazole rings is 1. The summed E-state index contributed by atoms with van der Waals surface area (Å²) in [6.07, 6.45) is -2.30. The van der Waals surface area contributed by atoms with Gasteiger partial charge < -0.3 is 97.0 Å². The Hall–Kier alpha value is -9.45. The number of nitrogens with one attached hydrogen (secondary N) is 11. The molecular formula is C50H79N17O19S. The van der Waals surface area contributed by atoms with E-state index in [2.05, 4.69) is 63.1 Å². The minimum atomic E-state index is -1.97. The number of aliphatic carboxylic acids is 2. The van der Waals surface area contributed by atoms with Gasteiger partial charge in [-0.1, -0.05) is 34.1 Å². The van der Waals surface area contributed by atoms with Crippen LogP contribution in [0.4, 0.5) is 0 Å². The number of carboxylic acids is 2. The number of thioether (sulfide) groups is 1. The molecule has 0 radical (unpaired) electrons. The largest absolute Gasteiger partial charge is 0.481 e. The maximum Gasteiger partial charge on any atom is 0.305 e. The van der Waals surface area contributed by atoms with Crippen LogP contribution in [0.1, 0.15) is 105 Å². The van der Waals surface area contributed by atoms with Gasteiger partial charge in [-0.25, -0.2) is 4.98 Å². The van der Waals surface area contributed by atoms with Gasteiger partial charge in [0.05, 0.1) is 38.4 Å². The Morgan fingerprint density at radius 1 is 0.494 bits per heavy atom. The number of carboxylic acid groups (broad SMARTS) is 2. The zero-order chi connectivity index (χ0) is 66.4. The highest BCUT2D eigenvalue weighted by Crippen LogP contribution is 2.14. The van der Waals surface area contributed by atoms with Crippen LogP contribution in [0.2, 0.25) is 0 Å². The van der Waals surface area contributed by atoms with Crippen molar-refractivity contribution in [2.75, 3.05) is 12.0 Å². The van der Waals surface area contributed by atoms with Crippen molar-refractivity contribution in [3.8, 4) is 0 Å². The summed E-state index contributed by atoms with van der Waals surface area (Å²) in [5.74, 6) is -21.3. The van der Waals surface area contributed by atoms with Crippen molar-refractivity contribution >= 4 is 112 Å². The maximum atomic E-state index is 14.1. The van der Waals surface area contributed by atoms with Gasteiger partial charge in [-0.3, -0.25) is 81.5 Å². The first-order valence-electron chi connectivity index (χ1n) is 26.9. The summed E-state index contributed by atoms with van der Waals surface area (Å²) in [6.45, 7) is 7.39. The molecule has 484 valence electrons. The molecule has 36 nitrogen and oxygen atoms in total. The lowest BCUT2D eigenvalue weighted by molar-refractivity contribution is -0.142. The molecule has 1 aromatic rings. The van der Waals surface area contributed by atoms with Crippen LogP contribution >= 0.6 is 11.8 Å². The van der Waals surface area contributed by atoms with Crippen LogP contribution < -0.4 is 81.8 Å². The number of carbonyl (C=O) groups is 17. The minimum Gasteiger partial charge on any atom is -0.481 e. The van der Waals surface area contributed by atoms with Crippen LogP contribution in [0.15, 0.2) is 12.5 Å². The van der Waals surface area contributed by atoms with Crippen LogP contribution in [-0.2, 0) is 87.9 Å². The quantitative estimate of drug-likeness (QED) is 0.0289. The highest BCUT2D eigenvalue weighted by atomic mass is 32.2. The molecule has 23 N–H and O–H groups in total. The van der Waals surface area contributed by atoms with E-state index in [4.69, 9.17) is 28.7 Å². The Morgan fingerprint density at radius 3 is 1.26 bits per heavy atom. The molecule has 1 aromatic heterocycles. The number of amides is 15. The first-order valence-corrected chi connectivity index (χ1v) is 28.3. The van der Waals surface area contributed by atoms with Gasteiger partial charge in [0.25, 0.3) is 0 Å². The summed E-state index contributed by atoms with van der Waals surface area (Å²) >= 11 is 1.21. The number of aromatic amines is 1. The number of H-pyrrole nitrogens is 1. The summed E-state index contributed by atoms with van der Waals surface area (Å²) in [5, 5.41) is 41.9. The second-order valence-electron chi connectivity index (χ2n) is 20.4. The third kappa shape index (κ3) is 29.3. The Bertz CT molecular complexity index is 2680. The lowest BCUT2D eigenvalue weighted by Crippen LogP contribution is -2.62. The number of primary amides is 5. The molecule has 0 bridgehead atoms. The van der Waals surface area contributed by atoms with Gasteiger partial charge >= 0.3 is 11.9 Å². The zero-order valence-corrected chi connectivity index (χ0v) is 49.5. The zero-order valence-electron chi connectivity index (χ0n) is 48.6. The fraction of sp³-hybridized carbons (Fsp3) is 0.600. The van der Waals surface area contributed by atoms with Crippen LogP contribution in [-0.4, -0.2) is 193 Å². The number of aromatic nitrogens is 2. The second kappa shape index (κ2) is 37.8. The Kier molecular flexibility index (Phi) is 32.8. The number of nitrogens with zero attached hydrogens (tertiary/aromatic N) is 1. The lowest BCUT2D eigenvalue weighted by Gasteiger charge is -2.29.